The molecule has 66 valence electrons. The summed E-state index contributed by atoms with van der Waals surface area (Å²) in [5.74, 6) is 0.715. The van der Waals surface area contributed by atoms with E-state index in [0.717, 1.165) is 6.42 Å². The van der Waals surface area contributed by atoms with Crippen LogP contribution in [0.5, 0.6) is 0 Å². The van der Waals surface area contributed by atoms with Gasteiger partial charge in [-0.05, 0) is 24.0 Å². The Bertz CT molecular complexity index is 188. The monoisotopic (exact) mass is 182 g/mol. The Hall–Kier alpha value is -0.490. The number of aryl methyl sites for hydroxylation is 2. The summed E-state index contributed by atoms with van der Waals surface area (Å²) in [6.07, 6.45) is 3.38. The normalized spacial score (nSPS) is 10.2. The summed E-state index contributed by atoms with van der Waals surface area (Å²) in [6, 6.07) is 8.75. The highest BCUT2D eigenvalue weighted by atomic mass is 35.5. The maximum Gasteiger partial charge on any atom is 0.0263 e. The lowest BCUT2D eigenvalue weighted by atomic mass is 10.1. The molecule has 0 saturated heterocycles. The van der Waals surface area contributed by atoms with Crippen molar-refractivity contribution in [1.82, 2.24) is 0 Å². The van der Waals surface area contributed by atoms with Crippen molar-refractivity contribution < 1.29 is 0 Å². The van der Waals surface area contributed by atoms with Crippen molar-refractivity contribution in [1.29, 1.82) is 0 Å². The van der Waals surface area contributed by atoms with Crippen molar-refractivity contribution in [3.8, 4) is 0 Å². The Labute approximate surface area is 79.6 Å². The first-order valence-corrected chi connectivity index (χ1v) is 5.04. The molecule has 0 atom stereocenters. The molecule has 0 amide bonds. The summed E-state index contributed by atoms with van der Waals surface area (Å²) in [5, 5.41) is 0. The molecule has 1 aromatic carbocycles. The molecule has 0 unspecified atom stereocenters. The van der Waals surface area contributed by atoms with Crippen LogP contribution in [0.15, 0.2) is 24.3 Å². The van der Waals surface area contributed by atoms with Crippen LogP contribution in [0.4, 0.5) is 0 Å². The summed E-state index contributed by atoms with van der Waals surface area (Å²) >= 11 is 5.64. The topological polar surface area (TPSA) is 0 Å². The van der Waals surface area contributed by atoms with Crippen molar-refractivity contribution in [2.24, 2.45) is 0 Å². The van der Waals surface area contributed by atoms with E-state index in [1.807, 2.05) is 0 Å². The van der Waals surface area contributed by atoms with Gasteiger partial charge in [0.25, 0.3) is 0 Å². The minimum atomic E-state index is 0.715. The summed E-state index contributed by atoms with van der Waals surface area (Å²) in [6.45, 7) is 2.20. The SMILES string of the molecule is CCCc1ccc(CCCl)cc1. The first-order chi connectivity index (χ1) is 5.86. The zero-order chi connectivity index (χ0) is 8.81. The summed E-state index contributed by atoms with van der Waals surface area (Å²) < 4.78 is 0. The van der Waals surface area contributed by atoms with E-state index in [9.17, 15) is 0 Å². The number of halogens is 1. The molecule has 1 aromatic rings. The molecular formula is C11H15Cl. The zero-order valence-corrected chi connectivity index (χ0v) is 8.27. The van der Waals surface area contributed by atoms with Crippen LogP contribution in [0.25, 0.3) is 0 Å². The Balaban J connectivity index is 2.58. The van der Waals surface area contributed by atoms with E-state index in [-0.39, 0.29) is 0 Å². The van der Waals surface area contributed by atoms with E-state index in [0.29, 0.717) is 5.88 Å². The van der Waals surface area contributed by atoms with Gasteiger partial charge in [-0.15, -0.1) is 11.6 Å². The van der Waals surface area contributed by atoms with Crippen molar-refractivity contribution in [3.63, 3.8) is 0 Å². The van der Waals surface area contributed by atoms with Crippen molar-refractivity contribution in [2.75, 3.05) is 5.88 Å². The molecule has 0 radical (unpaired) electrons. The molecule has 1 rings (SSSR count). The number of hydrogen-bond donors (Lipinski definition) is 0. The molecule has 0 bridgehead atoms. The lowest BCUT2D eigenvalue weighted by Crippen LogP contribution is -1.87. The number of benzene rings is 1. The highest BCUT2D eigenvalue weighted by Gasteiger charge is 1.92. The molecule has 1 heteroatoms. The number of alkyl halides is 1. The Morgan fingerprint density at radius 1 is 1.00 bits per heavy atom. The molecular weight excluding hydrogens is 168 g/mol. The number of rotatable bonds is 4. The van der Waals surface area contributed by atoms with Crippen LogP contribution in [0.1, 0.15) is 24.5 Å². The van der Waals surface area contributed by atoms with Crippen LogP contribution in [0, 0.1) is 0 Å². The van der Waals surface area contributed by atoms with Gasteiger partial charge in [-0.1, -0.05) is 37.6 Å². The van der Waals surface area contributed by atoms with E-state index in [2.05, 4.69) is 31.2 Å². The molecule has 0 N–H and O–H groups in total. The highest BCUT2D eigenvalue weighted by Crippen LogP contribution is 2.07. The predicted molar refractivity (Wildman–Crippen MR) is 54.9 cm³/mol. The molecule has 0 aliphatic heterocycles. The van der Waals surface area contributed by atoms with Gasteiger partial charge in [-0.2, -0.15) is 0 Å². The lowest BCUT2D eigenvalue weighted by molar-refractivity contribution is 0.920. The third kappa shape index (κ3) is 2.86. The maximum absolute atomic E-state index is 5.64. The van der Waals surface area contributed by atoms with E-state index < -0.39 is 0 Å². The molecule has 0 fully saturated rings. The molecule has 0 aliphatic carbocycles. The van der Waals surface area contributed by atoms with Gasteiger partial charge >= 0.3 is 0 Å². The summed E-state index contributed by atoms with van der Waals surface area (Å²) in [5.41, 5.74) is 2.76. The Kier molecular flexibility index (Phi) is 4.16. The van der Waals surface area contributed by atoms with Crippen LogP contribution in [-0.4, -0.2) is 5.88 Å². The molecule has 12 heavy (non-hydrogen) atoms. The van der Waals surface area contributed by atoms with E-state index in [1.165, 1.54) is 24.0 Å². The van der Waals surface area contributed by atoms with Gasteiger partial charge in [0.15, 0.2) is 0 Å². The standard InChI is InChI=1S/C11H15Cl/c1-2-3-10-4-6-11(7-5-10)8-9-12/h4-7H,2-3,8-9H2,1H3. The largest absolute Gasteiger partial charge is 0.126 e. The molecule has 0 heterocycles. The van der Waals surface area contributed by atoms with Crippen molar-refractivity contribution in [3.05, 3.63) is 35.4 Å². The second-order valence-electron chi connectivity index (χ2n) is 3.01. The average molecular weight is 183 g/mol. The average Bonchev–Trinajstić information content (AvgIpc) is 2.09. The minimum Gasteiger partial charge on any atom is -0.126 e. The van der Waals surface area contributed by atoms with Crippen molar-refractivity contribution in [2.45, 2.75) is 26.2 Å². The van der Waals surface area contributed by atoms with Crippen molar-refractivity contribution >= 4 is 11.6 Å². The summed E-state index contributed by atoms with van der Waals surface area (Å²) in [4.78, 5) is 0. The fraction of sp³-hybridized carbons (Fsp3) is 0.455. The fourth-order valence-electron chi connectivity index (χ4n) is 1.27. The van der Waals surface area contributed by atoms with E-state index >= 15 is 0 Å². The molecule has 0 nitrogen and oxygen atoms in total. The maximum atomic E-state index is 5.64. The molecule has 0 aromatic heterocycles. The third-order valence-corrected chi connectivity index (χ3v) is 2.13. The second-order valence-corrected chi connectivity index (χ2v) is 3.38. The van der Waals surface area contributed by atoms with Crippen LogP contribution in [-0.2, 0) is 12.8 Å². The van der Waals surface area contributed by atoms with Gasteiger partial charge in [-0.3, -0.25) is 0 Å². The smallest absolute Gasteiger partial charge is 0.0263 e. The predicted octanol–water partition coefficient (Wildman–Crippen LogP) is 3.42. The van der Waals surface area contributed by atoms with E-state index in [4.69, 9.17) is 11.6 Å². The fourth-order valence-corrected chi connectivity index (χ4v) is 1.49. The van der Waals surface area contributed by atoms with Crippen LogP contribution >= 0.6 is 11.6 Å². The quantitative estimate of drug-likeness (QED) is 0.626. The van der Waals surface area contributed by atoms with Gasteiger partial charge < -0.3 is 0 Å². The van der Waals surface area contributed by atoms with Gasteiger partial charge in [0.2, 0.25) is 0 Å². The Morgan fingerprint density at radius 2 is 1.50 bits per heavy atom. The Morgan fingerprint density at radius 3 is 1.92 bits per heavy atom. The molecule has 0 spiro atoms. The first kappa shape index (κ1) is 9.60. The molecule has 0 aliphatic rings. The van der Waals surface area contributed by atoms with Gasteiger partial charge in [-0.25, -0.2) is 0 Å². The highest BCUT2D eigenvalue weighted by molar-refractivity contribution is 6.17. The van der Waals surface area contributed by atoms with Gasteiger partial charge in [0.1, 0.15) is 0 Å². The summed E-state index contributed by atoms with van der Waals surface area (Å²) in [7, 11) is 0. The first-order valence-electron chi connectivity index (χ1n) is 4.50. The zero-order valence-electron chi connectivity index (χ0n) is 7.52. The number of hydrogen-bond acceptors (Lipinski definition) is 0. The van der Waals surface area contributed by atoms with Crippen LogP contribution in [0.3, 0.4) is 0 Å². The second kappa shape index (κ2) is 5.21. The van der Waals surface area contributed by atoms with Gasteiger partial charge in [0, 0.05) is 5.88 Å². The molecule has 0 saturated carbocycles. The van der Waals surface area contributed by atoms with E-state index in [1.54, 1.807) is 0 Å². The minimum absolute atomic E-state index is 0.715. The van der Waals surface area contributed by atoms with Crippen LogP contribution < -0.4 is 0 Å². The van der Waals surface area contributed by atoms with Crippen LogP contribution in [0.2, 0.25) is 0 Å². The van der Waals surface area contributed by atoms with Gasteiger partial charge in [0.05, 0.1) is 0 Å². The third-order valence-electron chi connectivity index (χ3n) is 1.94. The lowest BCUT2D eigenvalue weighted by Gasteiger charge is -2.00.